The Labute approximate surface area is 132 Å². The van der Waals surface area contributed by atoms with E-state index < -0.39 is 0 Å². The summed E-state index contributed by atoms with van der Waals surface area (Å²) in [4.78, 5) is 0. The molecular weight excluding hydrogens is 287 g/mol. The summed E-state index contributed by atoms with van der Waals surface area (Å²) in [6, 6.07) is 16.8. The predicted molar refractivity (Wildman–Crippen MR) is 62.8 cm³/mol. The van der Waals surface area contributed by atoms with Gasteiger partial charge in [-0.2, -0.15) is 35.4 Å². The van der Waals surface area contributed by atoms with Crippen molar-refractivity contribution in [2.45, 2.75) is 26.7 Å². The summed E-state index contributed by atoms with van der Waals surface area (Å²) in [6.07, 6.45) is 2.32. The van der Waals surface area contributed by atoms with E-state index in [0.29, 0.717) is 0 Å². The Morgan fingerprint density at radius 2 is 1.18 bits per heavy atom. The molecule has 0 aliphatic rings. The van der Waals surface area contributed by atoms with Gasteiger partial charge in [0.2, 0.25) is 0 Å². The maximum absolute atomic E-state index is 2.16. The standard InChI is InChI=1S/2C7H9.2ClH.Ti/c2*1-2-7-5-3-4-6-7;;;/h2*3-6H,2H2,1H3;2*1H;/q2*-1;;;+4/p-2. The summed E-state index contributed by atoms with van der Waals surface area (Å²) >= 11 is 0. The summed E-state index contributed by atoms with van der Waals surface area (Å²) < 4.78 is 0. The summed E-state index contributed by atoms with van der Waals surface area (Å²) in [7, 11) is 0. The number of hydrogen-bond acceptors (Lipinski definition) is 0. The maximum Gasteiger partial charge on any atom is 4.00 e. The minimum absolute atomic E-state index is 0. The van der Waals surface area contributed by atoms with Crippen LogP contribution in [0.4, 0.5) is 0 Å². The molecule has 0 nitrogen and oxygen atoms in total. The second-order valence-corrected chi connectivity index (χ2v) is 3.29. The molecule has 2 aromatic rings. The van der Waals surface area contributed by atoms with Crippen LogP contribution in [0.15, 0.2) is 48.5 Å². The molecule has 0 heterocycles. The van der Waals surface area contributed by atoms with Crippen molar-refractivity contribution >= 4 is 0 Å². The molecule has 0 aromatic heterocycles. The first-order chi connectivity index (χ1) is 6.86. The van der Waals surface area contributed by atoms with Crippen LogP contribution in [0.1, 0.15) is 25.0 Å². The molecule has 2 rings (SSSR count). The van der Waals surface area contributed by atoms with E-state index in [9.17, 15) is 0 Å². The van der Waals surface area contributed by atoms with Gasteiger partial charge >= 0.3 is 21.7 Å². The van der Waals surface area contributed by atoms with Crippen molar-refractivity contribution in [3.05, 3.63) is 59.7 Å². The van der Waals surface area contributed by atoms with Crippen LogP contribution in [0.5, 0.6) is 0 Å². The Morgan fingerprint density at radius 3 is 1.29 bits per heavy atom. The molecule has 2 aromatic carbocycles. The zero-order valence-corrected chi connectivity index (χ0v) is 13.4. The van der Waals surface area contributed by atoms with Crippen molar-refractivity contribution in [3.63, 3.8) is 0 Å². The molecule has 0 saturated heterocycles. The summed E-state index contributed by atoms with van der Waals surface area (Å²) in [6.45, 7) is 4.32. The third-order valence-corrected chi connectivity index (χ3v) is 2.28. The van der Waals surface area contributed by atoms with Gasteiger partial charge < -0.3 is 24.8 Å². The third kappa shape index (κ3) is 9.67. The number of aryl methyl sites for hydroxylation is 2. The average molecular weight is 305 g/mol. The van der Waals surface area contributed by atoms with Gasteiger partial charge in [-0.25, -0.2) is 24.3 Å². The topological polar surface area (TPSA) is 0 Å². The maximum atomic E-state index is 2.16. The molecule has 0 fully saturated rings. The van der Waals surface area contributed by atoms with E-state index in [0.717, 1.165) is 12.8 Å². The van der Waals surface area contributed by atoms with E-state index in [1.165, 1.54) is 11.1 Å². The minimum Gasteiger partial charge on any atom is -1.00 e. The third-order valence-electron chi connectivity index (χ3n) is 2.28. The quantitative estimate of drug-likeness (QED) is 0.442. The molecule has 0 aliphatic carbocycles. The van der Waals surface area contributed by atoms with E-state index in [4.69, 9.17) is 0 Å². The fraction of sp³-hybridized carbons (Fsp3) is 0.286. The first kappa shape index (κ1) is 22.2. The summed E-state index contributed by atoms with van der Waals surface area (Å²) in [5.74, 6) is 0. The molecule has 92 valence electrons. The summed E-state index contributed by atoms with van der Waals surface area (Å²) in [5, 5.41) is 0. The zero-order chi connectivity index (χ0) is 10.2. The Morgan fingerprint density at radius 1 is 0.824 bits per heavy atom. The molecule has 0 aliphatic heterocycles. The molecule has 0 spiro atoms. The molecule has 0 N–H and O–H groups in total. The van der Waals surface area contributed by atoms with E-state index in [-0.39, 0.29) is 46.5 Å². The SMILES string of the molecule is CCc1ccc[cH-]1.CCc1ccc[cH-]1.[Cl-].[Cl-].[Ti+4]. The van der Waals surface area contributed by atoms with Gasteiger partial charge in [-0.3, -0.25) is 0 Å². The van der Waals surface area contributed by atoms with E-state index in [1.54, 1.807) is 0 Å². The van der Waals surface area contributed by atoms with Gasteiger partial charge in [0.15, 0.2) is 0 Å². The second kappa shape index (κ2) is 14.1. The first-order valence-corrected chi connectivity index (χ1v) is 5.28. The van der Waals surface area contributed by atoms with Crippen LogP contribution in [0, 0.1) is 0 Å². The van der Waals surface area contributed by atoms with Gasteiger partial charge in [0.1, 0.15) is 0 Å². The molecule has 17 heavy (non-hydrogen) atoms. The van der Waals surface area contributed by atoms with Crippen LogP contribution in [0.25, 0.3) is 0 Å². The van der Waals surface area contributed by atoms with Crippen LogP contribution in [-0.4, -0.2) is 0 Å². The second-order valence-electron chi connectivity index (χ2n) is 3.29. The van der Waals surface area contributed by atoms with Gasteiger partial charge in [0.05, 0.1) is 0 Å². The van der Waals surface area contributed by atoms with Crippen molar-refractivity contribution in [1.82, 2.24) is 0 Å². The number of hydrogen-bond donors (Lipinski definition) is 0. The fourth-order valence-corrected chi connectivity index (χ4v) is 1.30. The predicted octanol–water partition coefficient (Wildman–Crippen LogP) is -2.06. The van der Waals surface area contributed by atoms with Crippen LogP contribution < -0.4 is 24.8 Å². The molecule has 0 unspecified atom stereocenters. The molecule has 3 heteroatoms. The normalized spacial score (nSPS) is 7.65. The monoisotopic (exact) mass is 304 g/mol. The van der Waals surface area contributed by atoms with Crippen LogP contribution in [0.3, 0.4) is 0 Å². The Hall–Kier alpha value is -0.00571. The average Bonchev–Trinajstić information content (AvgIpc) is 2.92. The van der Waals surface area contributed by atoms with E-state index in [2.05, 4.69) is 62.4 Å². The van der Waals surface area contributed by atoms with Gasteiger partial charge in [-0.05, 0) is 0 Å². The number of halogens is 2. The van der Waals surface area contributed by atoms with Crippen molar-refractivity contribution in [2.75, 3.05) is 0 Å². The zero-order valence-electron chi connectivity index (χ0n) is 10.3. The molecule has 0 saturated carbocycles. The van der Waals surface area contributed by atoms with Crippen LogP contribution >= 0.6 is 0 Å². The largest absolute Gasteiger partial charge is 4.00 e. The Balaban J connectivity index is -0.000000196. The minimum atomic E-state index is 0. The first-order valence-electron chi connectivity index (χ1n) is 5.28. The van der Waals surface area contributed by atoms with Gasteiger partial charge in [-0.15, -0.1) is 0 Å². The van der Waals surface area contributed by atoms with Gasteiger partial charge in [-0.1, -0.05) is 26.7 Å². The van der Waals surface area contributed by atoms with E-state index in [1.807, 2.05) is 0 Å². The van der Waals surface area contributed by atoms with Crippen molar-refractivity contribution < 1.29 is 46.5 Å². The Kier molecular flexibility index (Phi) is 18.4. The van der Waals surface area contributed by atoms with Crippen molar-refractivity contribution in [1.29, 1.82) is 0 Å². The van der Waals surface area contributed by atoms with Crippen molar-refractivity contribution in [3.8, 4) is 0 Å². The molecule has 0 bridgehead atoms. The number of rotatable bonds is 2. The summed E-state index contributed by atoms with van der Waals surface area (Å²) in [5.41, 5.74) is 2.86. The van der Waals surface area contributed by atoms with Crippen LogP contribution in [0.2, 0.25) is 0 Å². The van der Waals surface area contributed by atoms with Crippen molar-refractivity contribution in [2.24, 2.45) is 0 Å². The van der Waals surface area contributed by atoms with Gasteiger partial charge in [0.25, 0.3) is 0 Å². The van der Waals surface area contributed by atoms with E-state index >= 15 is 0 Å². The van der Waals surface area contributed by atoms with Crippen LogP contribution in [-0.2, 0) is 34.6 Å². The smallest absolute Gasteiger partial charge is 1.00 e. The fourth-order valence-electron chi connectivity index (χ4n) is 1.30. The molecule has 0 atom stereocenters. The molecular formula is C14H18Cl2Ti. The molecule has 0 radical (unpaired) electrons. The molecule has 0 amide bonds. The van der Waals surface area contributed by atoms with Gasteiger partial charge in [0, 0.05) is 0 Å². The Bertz CT molecular complexity index is 278.